The van der Waals surface area contributed by atoms with E-state index in [1.165, 1.54) is 12.1 Å². The molecule has 0 aliphatic carbocycles. The minimum atomic E-state index is -0.257. The molecule has 2 heterocycles. The van der Waals surface area contributed by atoms with Crippen molar-refractivity contribution in [2.75, 3.05) is 13.1 Å². The highest BCUT2D eigenvalue weighted by Crippen LogP contribution is 2.32. The van der Waals surface area contributed by atoms with E-state index < -0.39 is 0 Å². The third-order valence-corrected chi connectivity index (χ3v) is 6.00. The molecule has 1 aromatic heterocycles. The van der Waals surface area contributed by atoms with E-state index in [-0.39, 0.29) is 36.1 Å². The number of nitrogens with one attached hydrogen (secondary N) is 2. The molecule has 0 bridgehead atoms. The van der Waals surface area contributed by atoms with Gasteiger partial charge < -0.3 is 10.6 Å². The van der Waals surface area contributed by atoms with Gasteiger partial charge in [0, 0.05) is 11.5 Å². The van der Waals surface area contributed by atoms with Crippen LogP contribution in [0.3, 0.4) is 0 Å². The Morgan fingerprint density at radius 2 is 1.96 bits per heavy atom. The molecule has 2 atom stereocenters. The number of aryl methyl sites for hydroxylation is 1. The number of aromatic nitrogens is 1. The lowest BCUT2D eigenvalue weighted by Gasteiger charge is -2.32. The number of nitrogens with zero attached hydrogens (tertiary/aromatic N) is 1. The number of rotatable bonds is 5. The predicted octanol–water partition coefficient (Wildman–Crippen LogP) is 3.71. The summed E-state index contributed by atoms with van der Waals surface area (Å²) in [7, 11) is 0. The lowest BCUT2D eigenvalue weighted by molar-refractivity contribution is -0.127. The number of amides is 1. The van der Waals surface area contributed by atoms with Crippen LogP contribution in [0.1, 0.15) is 30.5 Å². The van der Waals surface area contributed by atoms with Crippen LogP contribution in [0.2, 0.25) is 0 Å². The summed E-state index contributed by atoms with van der Waals surface area (Å²) in [6.45, 7) is 7.74. The van der Waals surface area contributed by atoms with Gasteiger partial charge >= 0.3 is 0 Å². The average Bonchev–Trinajstić information content (AvgIpc) is 2.88. The van der Waals surface area contributed by atoms with Gasteiger partial charge in [0.1, 0.15) is 10.8 Å². The normalized spacial score (nSPS) is 16.5. The Labute approximate surface area is 157 Å². The zero-order valence-electron chi connectivity index (χ0n) is 14.5. The van der Waals surface area contributed by atoms with Crippen molar-refractivity contribution in [3.05, 3.63) is 40.7 Å². The van der Waals surface area contributed by atoms with Crippen LogP contribution in [0.25, 0.3) is 10.6 Å². The number of carbonyl (C=O) groups excluding carboxylic acids is 1. The van der Waals surface area contributed by atoms with Crippen molar-refractivity contribution >= 4 is 29.7 Å². The fourth-order valence-electron chi connectivity index (χ4n) is 2.81. The predicted molar refractivity (Wildman–Crippen MR) is 102 cm³/mol. The molecule has 0 radical (unpaired) electrons. The van der Waals surface area contributed by atoms with Crippen LogP contribution in [-0.4, -0.2) is 24.0 Å². The molecule has 2 aromatic rings. The van der Waals surface area contributed by atoms with Crippen LogP contribution in [0.4, 0.5) is 4.39 Å². The molecule has 0 spiro atoms. The van der Waals surface area contributed by atoms with Gasteiger partial charge in [0.05, 0.1) is 16.6 Å². The molecule has 1 fully saturated rings. The molecule has 7 heteroatoms. The van der Waals surface area contributed by atoms with Gasteiger partial charge in [-0.1, -0.05) is 6.92 Å². The van der Waals surface area contributed by atoms with Gasteiger partial charge in [-0.3, -0.25) is 4.79 Å². The highest BCUT2D eigenvalue weighted by molar-refractivity contribution is 7.15. The number of thiazole rings is 1. The second-order valence-corrected chi connectivity index (χ2v) is 7.44. The average molecular weight is 384 g/mol. The summed E-state index contributed by atoms with van der Waals surface area (Å²) in [5.74, 6) is 0.269. The zero-order valence-corrected chi connectivity index (χ0v) is 16.1. The highest BCUT2D eigenvalue weighted by atomic mass is 35.5. The van der Waals surface area contributed by atoms with Gasteiger partial charge in [0.2, 0.25) is 5.91 Å². The summed E-state index contributed by atoms with van der Waals surface area (Å²) in [4.78, 5) is 18.0. The molecule has 4 nitrogen and oxygen atoms in total. The lowest BCUT2D eigenvalue weighted by atomic mass is 9.88. The van der Waals surface area contributed by atoms with E-state index in [9.17, 15) is 9.18 Å². The van der Waals surface area contributed by atoms with E-state index in [4.69, 9.17) is 0 Å². The van der Waals surface area contributed by atoms with E-state index in [2.05, 4.69) is 15.6 Å². The van der Waals surface area contributed by atoms with Crippen LogP contribution in [0.15, 0.2) is 24.3 Å². The summed E-state index contributed by atoms with van der Waals surface area (Å²) in [6, 6.07) is 6.24. The molecule has 2 unspecified atom stereocenters. The Bertz CT molecular complexity index is 730. The molecule has 136 valence electrons. The molecule has 1 aliphatic heterocycles. The first-order valence-corrected chi connectivity index (χ1v) is 9.01. The van der Waals surface area contributed by atoms with Crippen LogP contribution in [0, 0.1) is 24.6 Å². The topological polar surface area (TPSA) is 54.0 Å². The summed E-state index contributed by atoms with van der Waals surface area (Å²) in [5.41, 5.74) is 1.80. The van der Waals surface area contributed by atoms with Crippen molar-refractivity contribution < 1.29 is 9.18 Å². The Morgan fingerprint density at radius 1 is 1.32 bits per heavy atom. The maximum atomic E-state index is 13.1. The third kappa shape index (κ3) is 4.37. The quantitative estimate of drug-likeness (QED) is 0.827. The summed E-state index contributed by atoms with van der Waals surface area (Å²) < 4.78 is 13.1. The largest absolute Gasteiger partial charge is 0.348 e. The van der Waals surface area contributed by atoms with E-state index in [0.717, 1.165) is 34.2 Å². The van der Waals surface area contributed by atoms with Crippen molar-refractivity contribution in [1.82, 2.24) is 15.6 Å². The van der Waals surface area contributed by atoms with E-state index in [1.807, 2.05) is 20.8 Å². The number of benzene rings is 1. The molecule has 0 saturated carbocycles. The smallest absolute Gasteiger partial charge is 0.223 e. The van der Waals surface area contributed by atoms with Crippen LogP contribution >= 0.6 is 23.7 Å². The van der Waals surface area contributed by atoms with E-state index in [0.29, 0.717) is 5.92 Å². The van der Waals surface area contributed by atoms with Crippen LogP contribution < -0.4 is 10.6 Å². The van der Waals surface area contributed by atoms with Crippen molar-refractivity contribution in [1.29, 1.82) is 0 Å². The monoisotopic (exact) mass is 383 g/mol. The molecule has 1 amide bonds. The molecule has 1 aliphatic rings. The fraction of sp³-hybridized carbons (Fsp3) is 0.444. The van der Waals surface area contributed by atoms with E-state index in [1.54, 1.807) is 23.5 Å². The lowest BCUT2D eigenvalue weighted by Crippen LogP contribution is -2.49. The summed E-state index contributed by atoms with van der Waals surface area (Å²) >= 11 is 1.55. The van der Waals surface area contributed by atoms with Gasteiger partial charge in [-0.15, -0.1) is 23.7 Å². The Hall–Kier alpha value is -1.50. The molecule has 1 aromatic carbocycles. The van der Waals surface area contributed by atoms with Gasteiger partial charge in [0.15, 0.2) is 0 Å². The first-order valence-electron chi connectivity index (χ1n) is 8.20. The van der Waals surface area contributed by atoms with Crippen molar-refractivity contribution in [2.24, 2.45) is 11.8 Å². The third-order valence-electron chi connectivity index (χ3n) is 4.61. The first-order chi connectivity index (χ1) is 11.5. The fourth-order valence-corrected chi connectivity index (χ4v) is 3.89. The number of halogens is 2. The second-order valence-electron chi connectivity index (χ2n) is 6.41. The Kier molecular flexibility index (Phi) is 6.54. The number of hydrogen-bond acceptors (Lipinski definition) is 4. The minimum absolute atomic E-state index is 0. The molecule has 3 rings (SSSR count). The summed E-state index contributed by atoms with van der Waals surface area (Å²) in [6.07, 6.45) is 0. The van der Waals surface area contributed by atoms with Crippen molar-refractivity contribution in [2.45, 2.75) is 26.8 Å². The molecular weight excluding hydrogens is 361 g/mol. The second kappa shape index (κ2) is 8.25. The minimum Gasteiger partial charge on any atom is -0.348 e. The molecule has 25 heavy (non-hydrogen) atoms. The Morgan fingerprint density at radius 3 is 2.52 bits per heavy atom. The summed E-state index contributed by atoms with van der Waals surface area (Å²) in [5, 5.41) is 7.15. The van der Waals surface area contributed by atoms with Crippen LogP contribution in [0.5, 0.6) is 0 Å². The number of hydrogen-bond donors (Lipinski definition) is 2. The zero-order chi connectivity index (χ0) is 17.3. The van der Waals surface area contributed by atoms with Gasteiger partial charge in [0.25, 0.3) is 0 Å². The molecular formula is C18H23ClFN3OS. The number of carbonyl (C=O) groups is 1. The molecule has 2 N–H and O–H groups in total. The SMILES string of the molecule is Cc1nc(-c2ccc(F)cc2)sc1C(C)NC(=O)C(C)C1CNC1.Cl. The van der Waals surface area contributed by atoms with Crippen LogP contribution in [-0.2, 0) is 4.79 Å². The highest BCUT2D eigenvalue weighted by Gasteiger charge is 2.29. The van der Waals surface area contributed by atoms with Gasteiger partial charge in [-0.25, -0.2) is 9.37 Å². The first kappa shape index (κ1) is 19.8. The molecule has 1 saturated heterocycles. The van der Waals surface area contributed by atoms with Gasteiger partial charge in [-0.2, -0.15) is 0 Å². The maximum absolute atomic E-state index is 13.1. The van der Waals surface area contributed by atoms with Gasteiger partial charge in [-0.05, 0) is 57.1 Å². The van der Waals surface area contributed by atoms with E-state index >= 15 is 0 Å². The van der Waals surface area contributed by atoms with Crippen molar-refractivity contribution in [3.8, 4) is 10.6 Å². The maximum Gasteiger partial charge on any atom is 0.223 e. The standard InChI is InChI=1S/C18H22FN3OS.ClH/c1-10(14-8-20-9-14)17(23)21-11(2)16-12(3)22-18(24-16)13-4-6-15(19)7-5-13;/h4-7,10-11,14,20H,8-9H2,1-3H3,(H,21,23);1H. The Balaban J connectivity index is 0.00000225. The van der Waals surface area contributed by atoms with Crippen molar-refractivity contribution in [3.63, 3.8) is 0 Å².